The van der Waals surface area contributed by atoms with Crippen molar-refractivity contribution < 1.29 is 4.79 Å². The van der Waals surface area contributed by atoms with Crippen LogP contribution < -0.4 is 0 Å². The summed E-state index contributed by atoms with van der Waals surface area (Å²) in [5, 5.41) is 0.381. The third-order valence-electron chi connectivity index (χ3n) is 11.8. The number of thioether (sulfide) groups is 1. The van der Waals surface area contributed by atoms with Gasteiger partial charge in [0, 0.05) is 5.25 Å². The van der Waals surface area contributed by atoms with E-state index in [2.05, 4.69) is 33.8 Å². The molecule has 3 saturated carbocycles. The second kappa shape index (κ2) is 13.6. The van der Waals surface area contributed by atoms with Crippen LogP contribution in [0.4, 0.5) is 0 Å². The number of alkyl halides is 1. The molecule has 212 valence electrons. The summed E-state index contributed by atoms with van der Waals surface area (Å²) < 4.78 is 0. The topological polar surface area (TPSA) is 17.1 Å². The van der Waals surface area contributed by atoms with Crippen molar-refractivity contribution in [1.29, 1.82) is 0 Å². The molecule has 3 heteroatoms. The fourth-order valence-corrected chi connectivity index (χ4v) is 10.8. The van der Waals surface area contributed by atoms with Crippen LogP contribution in [-0.2, 0) is 4.79 Å². The van der Waals surface area contributed by atoms with E-state index in [-0.39, 0.29) is 10.5 Å². The molecular formula is C34H57ClOS. The van der Waals surface area contributed by atoms with Crippen LogP contribution in [0.25, 0.3) is 0 Å². The standard InChI is InChI=1S/C34H57ClOS/c1-5-7-9-10-11-13-14-25-17-19-29-28-18-16-26-24-27(37-32(36)31(35)15-12-8-6-2)20-22-34(26,4)30(28)21-23-33(25,29)3/h16,25,27-31H,5-15,17-24H2,1-4H3. The van der Waals surface area contributed by atoms with Gasteiger partial charge in [-0.1, -0.05) is 109 Å². The molecule has 3 fully saturated rings. The van der Waals surface area contributed by atoms with E-state index in [1.54, 1.807) is 17.3 Å². The fraction of sp³-hybridized carbons (Fsp3) is 0.912. The molecule has 0 spiro atoms. The summed E-state index contributed by atoms with van der Waals surface area (Å²) in [5.41, 5.74) is 2.68. The van der Waals surface area contributed by atoms with E-state index in [1.807, 2.05) is 0 Å². The maximum absolute atomic E-state index is 12.8. The number of fused-ring (bicyclic) bond motifs is 5. The van der Waals surface area contributed by atoms with Crippen molar-refractivity contribution in [3.63, 3.8) is 0 Å². The zero-order valence-corrected chi connectivity index (χ0v) is 26.2. The molecule has 37 heavy (non-hydrogen) atoms. The molecule has 4 aliphatic rings. The molecule has 0 aromatic heterocycles. The summed E-state index contributed by atoms with van der Waals surface area (Å²) in [4.78, 5) is 12.8. The van der Waals surface area contributed by atoms with E-state index in [0.29, 0.717) is 16.1 Å². The second-order valence-electron chi connectivity index (χ2n) is 13.9. The Morgan fingerprint density at radius 3 is 2.46 bits per heavy atom. The third-order valence-corrected chi connectivity index (χ3v) is 13.6. The normalized spacial score (nSPS) is 37.9. The number of hydrogen-bond acceptors (Lipinski definition) is 2. The smallest absolute Gasteiger partial charge is 0.207 e. The Hall–Kier alpha value is 0.0500. The number of halogens is 1. The molecule has 0 aromatic carbocycles. The van der Waals surface area contributed by atoms with Gasteiger partial charge in [-0.25, -0.2) is 0 Å². The lowest BCUT2D eigenvalue weighted by atomic mass is 9.47. The van der Waals surface area contributed by atoms with Crippen molar-refractivity contribution in [3.8, 4) is 0 Å². The Bertz CT molecular complexity index is 778. The van der Waals surface area contributed by atoms with Gasteiger partial charge in [-0.3, -0.25) is 4.79 Å². The predicted octanol–water partition coefficient (Wildman–Crippen LogP) is 11.1. The summed E-state index contributed by atoms with van der Waals surface area (Å²) in [6.45, 7) is 9.83. The Kier molecular flexibility index (Phi) is 11.0. The van der Waals surface area contributed by atoms with Gasteiger partial charge in [-0.15, -0.1) is 11.6 Å². The minimum absolute atomic E-state index is 0.233. The van der Waals surface area contributed by atoms with E-state index >= 15 is 0 Å². The monoisotopic (exact) mass is 548 g/mol. The molecule has 4 rings (SSSR count). The minimum Gasteiger partial charge on any atom is -0.286 e. The van der Waals surface area contributed by atoms with Gasteiger partial charge in [-0.05, 0) is 98.7 Å². The van der Waals surface area contributed by atoms with Crippen LogP contribution >= 0.6 is 23.4 Å². The molecule has 0 bridgehead atoms. The van der Waals surface area contributed by atoms with Gasteiger partial charge in [0.2, 0.25) is 5.12 Å². The summed E-state index contributed by atoms with van der Waals surface area (Å²) in [6, 6.07) is 0. The third kappa shape index (κ3) is 6.69. The van der Waals surface area contributed by atoms with Gasteiger partial charge in [0.1, 0.15) is 5.38 Å². The van der Waals surface area contributed by atoms with E-state index in [0.717, 1.165) is 42.9 Å². The van der Waals surface area contributed by atoms with Crippen molar-refractivity contribution >= 4 is 28.5 Å². The number of unbranched alkanes of at least 4 members (excludes halogenated alkanes) is 7. The summed E-state index contributed by atoms with van der Waals surface area (Å²) >= 11 is 8.08. The average Bonchev–Trinajstić information content (AvgIpc) is 3.22. The van der Waals surface area contributed by atoms with Crippen molar-refractivity contribution in [2.24, 2.45) is 34.5 Å². The van der Waals surface area contributed by atoms with Crippen LogP contribution in [0, 0.1) is 34.5 Å². The molecule has 0 amide bonds. The first-order valence-corrected chi connectivity index (χ1v) is 17.7. The summed E-state index contributed by atoms with van der Waals surface area (Å²) in [5.74, 6) is 3.69. The van der Waals surface area contributed by atoms with Crippen LogP contribution in [-0.4, -0.2) is 15.7 Å². The molecule has 0 aromatic rings. The number of rotatable bonds is 13. The SMILES string of the molecule is CCCCCCCCC1CCC2C3CC=C4CC(SC(=O)C(Cl)CCCCC)CCC4(C)C3CCC12C. The molecule has 0 aliphatic heterocycles. The molecule has 8 atom stereocenters. The van der Waals surface area contributed by atoms with E-state index in [9.17, 15) is 4.79 Å². The molecule has 0 heterocycles. The fourth-order valence-electron chi connectivity index (χ4n) is 9.41. The van der Waals surface area contributed by atoms with Crippen LogP contribution in [0.15, 0.2) is 11.6 Å². The van der Waals surface area contributed by atoms with Crippen molar-refractivity contribution in [3.05, 3.63) is 11.6 Å². The van der Waals surface area contributed by atoms with Crippen LogP contribution in [0.1, 0.15) is 150 Å². The maximum atomic E-state index is 12.8. The predicted molar refractivity (Wildman–Crippen MR) is 163 cm³/mol. The van der Waals surface area contributed by atoms with Crippen molar-refractivity contribution in [2.45, 2.75) is 160 Å². The zero-order chi connectivity index (χ0) is 26.5. The van der Waals surface area contributed by atoms with Gasteiger partial charge in [-0.2, -0.15) is 0 Å². The Morgan fingerprint density at radius 1 is 0.946 bits per heavy atom. The summed E-state index contributed by atoms with van der Waals surface area (Å²) in [6.07, 6.45) is 27.8. The minimum atomic E-state index is -0.294. The summed E-state index contributed by atoms with van der Waals surface area (Å²) in [7, 11) is 0. The Labute approximate surface area is 239 Å². The lowest BCUT2D eigenvalue weighted by molar-refractivity contribution is -0.110. The molecule has 1 nitrogen and oxygen atoms in total. The highest BCUT2D eigenvalue weighted by atomic mass is 35.5. The number of carbonyl (C=O) groups excluding carboxylic acids is 1. The first-order valence-electron chi connectivity index (χ1n) is 16.4. The highest BCUT2D eigenvalue weighted by Gasteiger charge is 2.58. The number of hydrogen-bond donors (Lipinski definition) is 0. The van der Waals surface area contributed by atoms with Gasteiger partial charge in [0.15, 0.2) is 0 Å². The molecule has 0 N–H and O–H groups in total. The average molecular weight is 549 g/mol. The Balaban J connectivity index is 1.32. The first-order chi connectivity index (χ1) is 17.8. The lowest BCUT2D eigenvalue weighted by Gasteiger charge is -2.58. The maximum Gasteiger partial charge on any atom is 0.207 e. The first kappa shape index (κ1) is 30.0. The molecule has 0 radical (unpaired) electrons. The van der Waals surface area contributed by atoms with Crippen molar-refractivity contribution in [2.75, 3.05) is 0 Å². The van der Waals surface area contributed by atoms with Crippen LogP contribution in [0.5, 0.6) is 0 Å². The number of allylic oxidation sites excluding steroid dienone is 2. The molecule has 8 unspecified atom stereocenters. The van der Waals surface area contributed by atoms with Crippen LogP contribution in [0.2, 0.25) is 0 Å². The highest BCUT2D eigenvalue weighted by molar-refractivity contribution is 8.14. The van der Waals surface area contributed by atoms with E-state index < -0.39 is 0 Å². The van der Waals surface area contributed by atoms with E-state index in [1.165, 1.54) is 103 Å². The zero-order valence-electron chi connectivity index (χ0n) is 24.7. The van der Waals surface area contributed by atoms with E-state index in [4.69, 9.17) is 11.6 Å². The largest absolute Gasteiger partial charge is 0.286 e. The van der Waals surface area contributed by atoms with Gasteiger partial charge in [0.25, 0.3) is 0 Å². The van der Waals surface area contributed by atoms with Crippen molar-refractivity contribution in [1.82, 2.24) is 0 Å². The van der Waals surface area contributed by atoms with Crippen LogP contribution in [0.3, 0.4) is 0 Å². The Morgan fingerprint density at radius 2 is 1.68 bits per heavy atom. The van der Waals surface area contributed by atoms with Gasteiger partial charge < -0.3 is 0 Å². The highest BCUT2D eigenvalue weighted by Crippen LogP contribution is 2.67. The quantitative estimate of drug-likeness (QED) is 0.129. The second-order valence-corrected chi connectivity index (χ2v) is 15.7. The number of carbonyl (C=O) groups is 1. The van der Waals surface area contributed by atoms with Gasteiger partial charge >= 0.3 is 0 Å². The molecule has 0 saturated heterocycles. The lowest BCUT2D eigenvalue weighted by Crippen LogP contribution is -2.50. The molecular weight excluding hydrogens is 492 g/mol. The molecule has 4 aliphatic carbocycles. The van der Waals surface area contributed by atoms with Gasteiger partial charge in [0.05, 0.1) is 0 Å².